The van der Waals surface area contributed by atoms with E-state index >= 15 is 0 Å². The summed E-state index contributed by atoms with van der Waals surface area (Å²) in [6.07, 6.45) is 1.59. The third-order valence-electron chi connectivity index (χ3n) is 5.71. The maximum absolute atomic E-state index is 13.1. The first kappa shape index (κ1) is 30.9. The van der Waals surface area contributed by atoms with Gasteiger partial charge in [0.25, 0.3) is 0 Å². The lowest BCUT2D eigenvalue weighted by molar-refractivity contribution is -0.142. The molecule has 1 aromatic carbocycles. The maximum atomic E-state index is 13.1. The van der Waals surface area contributed by atoms with Crippen LogP contribution in [0.3, 0.4) is 0 Å². The number of carboxylic acids is 1. The topological polar surface area (TPSA) is 165 Å². The first-order valence-electron chi connectivity index (χ1n) is 12.3. The van der Waals surface area contributed by atoms with Crippen LogP contribution in [-0.4, -0.2) is 66.8 Å². The highest BCUT2D eigenvalue weighted by molar-refractivity contribution is 5.95. The number of aliphatic carboxylic acids is 1. The number of nitrogens with one attached hydrogen (secondary N) is 2. The first-order chi connectivity index (χ1) is 17.2. The molecule has 0 spiro atoms. The minimum absolute atomic E-state index is 0.182. The van der Waals surface area contributed by atoms with Gasteiger partial charge in [-0.3, -0.25) is 24.0 Å². The van der Waals surface area contributed by atoms with Crippen LogP contribution >= 0.6 is 0 Å². The van der Waals surface area contributed by atoms with Gasteiger partial charge in [0.1, 0.15) is 0 Å². The zero-order valence-corrected chi connectivity index (χ0v) is 21.2. The molecule has 0 radical (unpaired) electrons. The molecule has 0 unspecified atom stereocenters. The number of methoxy groups -OCH3 is 1. The Kier molecular flexibility index (Phi) is 14.9. The van der Waals surface area contributed by atoms with Gasteiger partial charge in [0.05, 0.1) is 24.4 Å². The number of carboxylic acid groups (broad SMARTS) is 1. The summed E-state index contributed by atoms with van der Waals surface area (Å²) in [7, 11) is 1.53. The zero-order chi connectivity index (χ0) is 26.9. The number of unbranched alkanes of at least 4 members (excludes halogenated alkanes) is 1. The van der Waals surface area contributed by atoms with E-state index in [1.807, 2.05) is 18.2 Å². The fourth-order valence-electron chi connectivity index (χ4n) is 3.85. The van der Waals surface area contributed by atoms with Gasteiger partial charge < -0.3 is 26.2 Å². The van der Waals surface area contributed by atoms with E-state index in [-0.39, 0.29) is 25.0 Å². The van der Waals surface area contributed by atoms with Crippen molar-refractivity contribution in [3.63, 3.8) is 0 Å². The van der Waals surface area contributed by atoms with Crippen LogP contribution in [0.25, 0.3) is 0 Å². The predicted octanol–water partition coefficient (Wildman–Crippen LogP) is 1.39. The quantitative estimate of drug-likeness (QED) is 0.205. The Hall–Kier alpha value is -3.11. The molecule has 10 heteroatoms. The van der Waals surface area contributed by atoms with Gasteiger partial charge in [0.2, 0.25) is 11.8 Å². The molecule has 0 aromatic heterocycles. The van der Waals surface area contributed by atoms with E-state index in [1.165, 1.54) is 14.0 Å². The molecule has 0 aliphatic heterocycles. The highest BCUT2D eigenvalue weighted by Crippen LogP contribution is 2.16. The highest BCUT2D eigenvalue weighted by Gasteiger charge is 2.31. The van der Waals surface area contributed by atoms with Crippen LogP contribution in [0, 0.1) is 5.92 Å². The minimum atomic E-state index is -1.24. The molecule has 5 N–H and O–H groups in total. The van der Waals surface area contributed by atoms with Crippen LogP contribution in [0.15, 0.2) is 30.3 Å². The molecule has 0 saturated heterocycles. The van der Waals surface area contributed by atoms with Crippen molar-refractivity contribution in [2.75, 3.05) is 20.3 Å². The molecule has 0 heterocycles. The maximum Gasteiger partial charge on any atom is 0.304 e. The lowest BCUT2D eigenvalue weighted by Gasteiger charge is -2.23. The Morgan fingerprint density at radius 3 is 2.22 bits per heavy atom. The second-order valence-electron chi connectivity index (χ2n) is 8.82. The number of amides is 2. The number of ketones is 2. The summed E-state index contributed by atoms with van der Waals surface area (Å²) in [5.74, 6) is -4.16. The number of benzene rings is 1. The zero-order valence-electron chi connectivity index (χ0n) is 21.2. The summed E-state index contributed by atoms with van der Waals surface area (Å²) in [5, 5.41) is 14.6. The Morgan fingerprint density at radius 2 is 1.64 bits per heavy atom. The van der Waals surface area contributed by atoms with Gasteiger partial charge in [-0.05, 0) is 44.2 Å². The van der Waals surface area contributed by atoms with Crippen LogP contribution in [0.5, 0.6) is 0 Å². The second-order valence-corrected chi connectivity index (χ2v) is 8.82. The molecular weight excluding hydrogens is 466 g/mol. The Morgan fingerprint density at radius 1 is 0.944 bits per heavy atom. The molecule has 3 atom stereocenters. The molecule has 2 amide bonds. The lowest BCUT2D eigenvalue weighted by Crippen LogP contribution is -2.47. The molecule has 0 bridgehead atoms. The highest BCUT2D eigenvalue weighted by atomic mass is 16.5. The SMILES string of the molecule is COCCCC(=O)[C@H](CCCCN)NC(=O)[C@H](CC(=O)O)CC(=O)[C@@H](Cc1ccccc1)NC(C)=O. The van der Waals surface area contributed by atoms with E-state index in [1.54, 1.807) is 12.1 Å². The summed E-state index contributed by atoms with van der Waals surface area (Å²) in [6.45, 7) is 2.13. The summed E-state index contributed by atoms with van der Waals surface area (Å²) >= 11 is 0. The van der Waals surface area contributed by atoms with Gasteiger partial charge in [-0.1, -0.05) is 30.3 Å². The Labute approximate surface area is 212 Å². The number of rotatable bonds is 19. The van der Waals surface area contributed by atoms with Gasteiger partial charge in [0.15, 0.2) is 11.6 Å². The van der Waals surface area contributed by atoms with E-state index in [9.17, 15) is 29.1 Å². The van der Waals surface area contributed by atoms with E-state index in [0.717, 1.165) is 5.56 Å². The number of hydrogen-bond donors (Lipinski definition) is 4. The van der Waals surface area contributed by atoms with Crippen molar-refractivity contribution in [2.24, 2.45) is 11.7 Å². The average molecular weight is 506 g/mol. The van der Waals surface area contributed by atoms with Gasteiger partial charge in [-0.25, -0.2) is 0 Å². The fourth-order valence-corrected chi connectivity index (χ4v) is 3.85. The third kappa shape index (κ3) is 12.6. The second kappa shape index (κ2) is 17.3. The van der Waals surface area contributed by atoms with E-state index in [0.29, 0.717) is 38.8 Å². The standard InChI is InChI=1S/C26H39N3O7/c1-18(30)28-22(15-19-9-4-3-5-10-19)24(32)16-20(17-25(33)34)26(35)29-21(11-6-7-13-27)23(31)12-8-14-36-2/h3-5,9-10,20-22H,6-8,11-17,27H2,1-2H3,(H,28,30)(H,29,35)(H,33,34)/t20-,21-,22+/m0/s1. The van der Waals surface area contributed by atoms with Gasteiger partial charge in [-0.2, -0.15) is 0 Å². The van der Waals surface area contributed by atoms with Crippen LogP contribution in [0.2, 0.25) is 0 Å². The van der Waals surface area contributed by atoms with Crippen molar-refractivity contribution in [3.05, 3.63) is 35.9 Å². The number of hydrogen-bond acceptors (Lipinski definition) is 7. The third-order valence-corrected chi connectivity index (χ3v) is 5.71. The average Bonchev–Trinajstić information content (AvgIpc) is 2.82. The monoisotopic (exact) mass is 505 g/mol. The van der Waals surface area contributed by atoms with Gasteiger partial charge in [0, 0.05) is 33.5 Å². The molecule has 36 heavy (non-hydrogen) atoms. The molecular formula is C26H39N3O7. The number of carbonyl (C=O) groups is 5. The first-order valence-corrected chi connectivity index (χ1v) is 12.3. The van der Waals surface area contributed by atoms with Crippen molar-refractivity contribution >= 4 is 29.4 Å². The Balaban J connectivity index is 2.99. The number of Topliss-reactive ketones (excluding diaryl/α,β-unsaturated/α-hetero) is 2. The Bertz CT molecular complexity index is 860. The molecule has 1 rings (SSSR count). The molecule has 0 saturated carbocycles. The van der Waals surface area contributed by atoms with Crippen molar-refractivity contribution in [3.8, 4) is 0 Å². The largest absolute Gasteiger partial charge is 0.481 e. The van der Waals surface area contributed by atoms with Crippen molar-refractivity contribution in [1.29, 1.82) is 0 Å². The van der Waals surface area contributed by atoms with E-state index < -0.39 is 48.0 Å². The minimum Gasteiger partial charge on any atom is -0.481 e. The van der Waals surface area contributed by atoms with Crippen LogP contribution in [0.4, 0.5) is 0 Å². The summed E-state index contributed by atoms with van der Waals surface area (Å²) in [6, 6.07) is 7.34. The fraction of sp³-hybridized carbons (Fsp3) is 0.577. The number of ether oxygens (including phenoxy) is 1. The van der Waals surface area contributed by atoms with Gasteiger partial charge >= 0.3 is 5.97 Å². The molecule has 0 aliphatic carbocycles. The number of carbonyl (C=O) groups excluding carboxylic acids is 4. The van der Waals surface area contributed by atoms with Crippen molar-refractivity contribution in [1.82, 2.24) is 10.6 Å². The summed E-state index contributed by atoms with van der Waals surface area (Å²) < 4.78 is 4.98. The van der Waals surface area contributed by atoms with Crippen molar-refractivity contribution in [2.45, 2.75) is 70.4 Å². The normalized spacial score (nSPS) is 13.3. The lowest BCUT2D eigenvalue weighted by atomic mass is 9.91. The molecule has 0 aliphatic rings. The molecule has 10 nitrogen and oxygen atoms in total. The van der Waals surface area contributed by atoms with E-state index in [4.69, 9.17) is 10.5 Å². The van der Waals surface area contributed by atoms with Crippen LogP contribution in [-0.2, 0) is 35.1 Å². The molecule has 200 valence electrons. The number of nitrogens with two attached hydrogens (primary N) is 1. The van der Waals surface area contributed by atoms with Crippen molar-refractivity contribution < 1.29 is 33.8 Å². The molecule has 0 fully saturated rings. The smallest absolute Gasteiger partial charge is 0.304 e. The van der Waals surface area contributed by atoms with Crippen LogP contribution in [0.1, 0.15) is 57.4 Å². The summed E-state index contributed by atoms with van der Waals surface area (Å²) in [5.41, 5.74) is 6.36. The predicted molar refractivity (Wildman–Crippen MR) is 134 cm³/mol. The van der Waals surface area contributed by atoms with Gasteiger partial charge in [-0.15, -0.1) is 0 Å². The summed E-state index contributed by atoms with van der Waals surface area (Å²) in [4.78, 5) is 62.1. The van der Waals surface area contributed by atoms with E-state index in [2.05, 4.69) is 10.6 Å². The molecule has 1 aromatic rings. The van der Waals surface area contributed by atoms with Crippen LogP contribution < -0.4 is 16.4 Å².